The van der Waals surface area contributed by atoms with Crippen molar-refractivity contribution < 1.29 is 9.53 Å². The lowest BCUT2D eigenvalue weighted by Gasteiger charge is -2.11. The molecule has 28 heavy (non-hydrogen) atoms. The fourth-order valence-electron chi connectivity index (χ4n) is 3.56. The van der Waals surface area contributed by atoms with Gasteiger partial charge in [0.1, 0.15) is 4.83 Å². The number of nitrogens with zero attached hydrogens (tertiary/aromatic N) is 2. The third-order valence-electron chi connectivity index (χ3n) is 5.19. The largest absolute Gasteiger partial charge is 0.376 e. The summed E-state index contributed by atoms with van der Waals surface area (Å²) in [5, 5.41) is 3.50. The van der Waals surface area contributed by atoms with Gasteiger partial charge in [0, 0.05) is 12.3 Å². The minimum atomic E-state index is -0.209. The average molecular weight is 398 g/mol. The zero-order valence-electron chi connectivity index (χ0n) is 16.2. The molecule has 1 aliphatic rings. The first-order valence-corrected chi connectivity index (χ1v) is 10.2. The molecule has 0 aliphatic carbocycles. The van der Waals surface area contributed by atoms with Gasteiger partial charge in [-0.1, -0.05) is 12.1 Å². The van der Waals surface area contributed by atoms with Gasteiger partial charge in [0.05, 0.1) is 29.2 Å². The summed E-state index contributed by atoms with van der Waals surface area (Å²) in [7, 11) is 0. The number of nitrogens with one attached hydrogen (secondary N) is 1. The van der Waals surface area contributed by atoms with Crippen molar-refractivity contribution in [2.45, 2.75) is 46.3 Å². The van der Waals surface area contributed by atoms with Crippen LogP contribution < -0.4 is 10.9 Å². The summed E-state index contributed by atoms with van der Waals surface area (Å²) in [6.45, 7) is 7.01. The lowest BCUT2D eigenvalue weighted by atomic mass is 10.1. The number of hydrogen-bond donors (Lipinski definition) is 1. The number of rotatable bonds is 4. The average Bonchev–Trinajstić information content (AvgIpc) is 3.29. The third kappa shape index (κ3) is 3.47. The van der Waals surface area contributed by atoms with Gasteiger partial charge < -0.3 is 10.1 Å². The van der Waals surface area contributed by atoms with Crippen molar-refractivity contribution in [3.05, 3.63) is 56.4 Å². The highest BCUT2D eigenvalue weighted by Gasteiger charge is 2.22. The van der Waals surface area contributed by atoms with Crippen LogP contribution in [0.15, 0.2) is 29.3 Å². The van der Waals surface area contributed by atoms with Crippen LogP contribution in [-0.2, 0) is 11.3 Å². The Morgan fingerprint density at radius 2 is 2.18 bits per heavy atom. The van der Waals surface area contributed by atoms with E-state index in [1.165, 1.54) is 11.3 Å². The molecule has 3 heterocycles. The highest BCUT2D eigenvalue weighted by Crippen LogP contribution is 2.28. The molecule has 0 spiro atoms. The number of ether oxygens (including phenoxy) is 1. The standard InChI is InChI=1S/C21H23N3O3S/c1-12-6-7-13(2)16(9-12)23-19(25)18-14(3)17-20(28-18)22-11-24(21(17)26)10-15-5-4-8-27-15/h6-7,9,11,15H,4-5,8,10H2,1-3H3,(H,23,25)/t15-/m1/s1. The van der Waals surface area contributed by atoms with Crippen LogP contribution in [0, 0.1) is 20.8 Å². The molecule has 1 aliphatic heterocycles. The summed E-state index contributed by atoms with van der Waals surface area (Å²) >= 11 is 1.26. The molecule has 3 aromatic rings. The summed E-state index contributed by atoms with van der Waals surface area (Å²) in [5.74, 6) is -0.209. The first-order chi connectivity index (χ1) is 13.4. The summed E-state index contributed by atoms with van der Waals surface area (Å²) in [4.78, 5) is 31.4. The Kier molecular flexibility index (Phi) is 5.03. The van der Waals surface area contributed by atoms with Crippen LogP contribution in [-0.4, -0.2) is 28.2 Å². The highest BCUT2D eigenvalue weighted by molar-refractivity contribution is 7.20. The second-order valence-electron chi connectivity index (χ2n) is 7.35. The third-order valence-corrected chi connectivity index (χ3v) is 6.39. The van der Waals surface area contributed by atoms with E-state index in [2.05, 4.69) is 10.3 Å². The van der Waals surface area contributed by atoms with Crippen LogP contribution in [0.2, 0.25) is 0 Å². The lowest BCUT2D eigenvalue weighted by Crippen LogP contribution is -2.26. The molecule has 1 fully saturated rings. The number of carbonyl (C=O) groups excluding carboxylic acids is 1. The minimum absolute atomic E-state index is 0.0583. The Labute approximate surface area is 167 Å². The summed E-state index contributed by atoms with van der Waals surface area (Å²) in [5.41, 5.74) is 3.43. The Bertz CT molecular complexity index is 1110. The quantitative estimate of drug-likeness (QED) is 0.726. The molecule has 0 saturated carbocycles. The first-order valence-electron chi connectivity index (χ1n) is 9.43. The molecule has 1 amide bonds. The molecule has 1 aromatic carbocycles. The first kappa shape index (κ1) is 18.8. The van der Waals surface area contributed by atoms with Crippen LogP contribution in [0.25, 0.3) is 10.2 Å². The van der Waals surface area contributed by atoms with Gasteiger partial charge in [-0.05, 0) is 56.4 Å². The number of aromatic nitrogens is 2. The predicted molar refractivity (Wildman–Crippen MR) is 111 cm³/mol. The van der Waals surface area contributed by atoms with E-state index in [0.717, 1.165) is 36.3 Å². The number of carbonyl (C=O) groups is 1. The Morgan fingerprint density at radius 1 is 1.36 bits per heavy atom. The lowest BCUT2D eigenvalue weighted by molar-refractivity contribution is 0.0960. The van der Waals surface area contributed by atoms with Crippen LogP contribution in [0.3, 0.4) is 0 Å². The van der Waals surface area contributed by atoms with E-state index in [4.69, 9.17) is 4.74 Å². The molecule has 6 nitrogen and oxygen atoms in total. The van der Waals surface area contributed by atoms with E-state index in [1.807, 2.05) is 39.0 Å². The second kappa shape index (κ2) is 7.48. The molecular weight excluding hydrogens is 374 g/mol. The maximum absolute atomic E-state index is 13.0. The molecule has 0 unspecified atom stereocenters. The maximum atomic E-state index is 13.0. The van der Waals surface area contributed by atoms with Gasteiger partial charge in [0.15, 0.2) is 0 Å². The van der Waals surface area contributed by atoms with Crippen LogP contribution in [0.5, 0.6) is 0 Å². The van der Waals surface area contributed by atoms with Gasteiger partial charge in [0.25, 0.3) is 11.5 Å². The van der Waals surface area contributed by atoms with E-state index >= 15 is 0 Å². The predicted octanol–water partition coefficient (Wildman–Crippen LogP) is 3.81. The van der Waals surface area contributed by atoms with E-state index in [0.29, 0.717) is 27.2 Å². The van der Waals surface area contributed by atoms with Gasteiger partial charge in [-0.2, -0.15) is 0 Å². The number of amides is 1. The number of fused-ring (bicyclic) bond motifs is 1. The number of benzene rings is 1. The van der Waals surface area contributed by atoms with Crippen molar-refractivity contribution in [3.8, 4) is 0 Å². The zero-order chi connectivity index (χ0) is 19.8. The Balaban J connectivity index is 1.67. The van der Waals surface area contributed by atoms with Crippen LogP contribution in [0.1, 0.15) is 39.2 Å². The molecule has 7 heteroatoms. The van der Waals surface area contributed by atoms with Gasteiger partial charge in [-0.15, -0.1) is 11.3 Å². The maximum Gasteiger partial charge on any atom is 0.266 e. The van der Waals surface area contributed by atoms with Crippen molar-refractivity contribution in [1.29, 1.82) is 0 Å². The van der Waals surface area contributed by atoms with Gasteiger partial charge >= 0.3 is 0 Å². The SMILES string of the molecule is Cc1ccc(C)c(NC(=O)c2sc3ncn(C[C@H]4CCCO4)c(=O)c3c2C)c1. The summed E-state index contributed by atoms with van der Waals surface area (Å²) < 4.78 is 7.24. The number of anilines is 1. The smallest absolute Gasteiger partial charge is 0.266 e. The van der Waals surface area contributed by atoms with Crippen molar-refractivity contribution in [1.82, 2.24) is 9.55 Å². The minimum Gasteiger partial charge on any atom is -0.376 e. The second-order valence-corrected chi connectivity index (χ2v) is 8.35. The molecule has 4 rings (SSSR count). The van der Waals surface area contributed by atoms with Crippen molar-refractivity contribution in [2.75, 3.05) is 11.9 Å². The van der Waals surface area contributed by atoms with E-state index < -0.39 is 0 Å². The summed E-state index contributed by atoms with van der Waals surface area (Å²) in [6, 6.07) is 5.94. The van der Waals surface area contributed by atoms with Crippen LogP contribution >= 0.6 is 11.3 Å². The number of aryl methyl sites for hydroxylation is 3. The van der Waals surface area contributed by atoms with Gasteiger partial charge in [-0.25, -0.2) is 4.98 Å². The fourth-order valence-corrected chi connectivity index (χ4v) is 4.60. The van der Waals surface area contributed by atoms with E-state index in [-0.39, 0.29) is 17.6 Å². The highest BCUT2D eigenvalue weighted by atomic mass is 32.1. The van der Waals surface area contributed by atoms with Crippen LogP contribution in [0.4, 0.5) is 5.69 Å². The van der Waals surface area contributed by atoms with Gasteiger partial charge in [0.2, 0.25) is 0 Å². The molecular formula is C21H23N3O3S. The van der Waals surface area contributed by atoms with Crippen molar-refractivity contribution in [3.63, 3.8) is 0 Å². The van der Waals surface area contributed by atoms with Gasteiger partial charge in [-0.3, -0.25) is 14.2 Å². The Hall–Kier alpha value is -2.51. The molecule has 0 radical (unpaired) electrons. The molecule has 1 atom stereocenters. The monoisotopic (exact) mass is 397 g/mol. The van der Waals surface area contributed by atoms with E-state index in [1.54, 1.807) is 10.9 Å². The van der Waals surface area contributed by atoms with Crippen molar-refractivity contribution >= 4 is 33.1 Å². The molecule has 1 saturated heterocycles. The van der Waals surface area contributed by atoms with Crippen molar-refractivity contribution in [2.24, 2.45) is 0 Å². The molecule has 2 aromatic heterocycles. The Morgan fingerprint density at radius 3 is 2.93 bits per heavy atom. The number of thiophene rings is 1. The molecule has 1 N–H and O–H groups in total. The molecule has 146 valence electrons. The van der Waals surface area contributed by atoms with E-state index in [9.17, 15) is 9.59 Å². The topological polar surface area (TPSA) is 73.2 Å². The zero-order valence-corrected chi connectivity index (χ0v) is 17.1. The normalized spacial score (nSPS) is 16.6. The fraction of sp³-hybridized carbons (Fsp3) is 0.381. The summed E-state index contributed by atoms with van der Waals surface area (Å²) in [6.07, 6.45) is 3.60. The number of hydrogen-bond acceptors (Lipinski definition) is 5. The molecule has 0 bridgehead atoms.